The van der Waals surface area contributed by atoms with Crippen molar-refractivity contribution in [2.24, 2.45) is 17.8 Å². The third-order valence-corrected chi connectivity index (χ3v) is 16.0. The summed E-state index contributed by atoms with van der Waals surface area (Å²) >= 11 is 0. The molecule has 4 aliphatic carbocycles. The molecule has 2 heteroatoms. The van der Waals surface area contributed by atoms with E-state index < -0.39 is 0 Å². The number of rotatable bonds is 7. The lowest BCUT2D eigenvalue weighted by Crippen LogP contribution is -2.48. The van der Waals surface area contributed by atoms with E-state index in [-0.39, 0.29) is 0 Å². The van der Waals surface area contributed by atoms with E-state index in [2.05, 4.69) is 211 Å². The van der Waals surface area contributed by atoms with Gasteiger partial charge in [0.1, 0.15) is 11.3 Å². The maximum Gasteiger partial charge on any atom is 0.143 e. The van der Waals surface area contributed by atoms with Crippen molar-refractivity contribution in [3.8, 4) is 33.6 Å². The normalized spacial score (nSPS) is 20.0. The van der Waals surface area contributed by atoms with Crippen LogP contribution in [-0.2, 0) is 5.41 Å². The summed E-state index contributed by atoms with van der Waals surface area (Å²) in [5.74, 6) is 3.61. The summed E-state index contributed by atoms with van der Waals surface area (Å²) in [6.07, 6.45) is 8.46. The molecule has 1 aromatic heterocycles. The Kier molecular flexibility index (Phi) is 8.50. The SMILES string of the molecule is c1ccc(-c2c(-c3ccc(N(c4ccc(C56CC7CC(CC(C7)C5)C6)cc4)c4ccc(-c5cccc6ccccc56)c5ccccc45)cc3)oc3c4ccccc4c4ccccc4c23)cc1. The highest BCUT2D eigenvalue weighted by Gasteiger charge is 2.51. The van der Waals surface area contributed by atoms with Crippen LogP contribution in [0.3, 0.4) is 0 Å². The lowest BCUT2D eigenvalue weighted by molar-refractivity contribution is -0.00518. The molecule has 66 heavy (non-hydrogen) atoms. The first-order valence-electron chi connectivity index (χ1n) is 24.1. The fourth-order valence-electron chi connectivity index (χ4n) is 13.6. The highest BCUT2D eigenvalue weighted by Crippen LogP contribution is 2.61. The molecule has 0 spiro atoms. The fourth-order valence-corrected chi connectivity index (χ4v) is 13.6. The highest BCUT2D eigenvalue weighted by molar-refractivity contribution is 6.28. The Morgan fingerprint density at radius 1 is 0.394 bits per heavy atom. The van der Waals surface area contributed by atoms with Crippen LogP contribution in [0.4, 0.5) is 17.1 Å². The van der Waals surface area contributed by atoms with Crippen molar-refractivity contribution in [1.29, 1.82) is 0 Å². The molecule has 0 aliphatic heterocycles. The van der Waals surface area contributed by atoms with Crippen molar-refractivity contribution in [1.82, 2.24) is 0 Å². The van der Waals surface area contributed by atoms with Gasteiger partial charge in [-0.15, -0.1) is 0 Å². The van der Waals surface area contributed by atoms with Gasteiger partial charge in [0.05, 0.1) is 5.69 Å². The number of anilines is 3. The molecule has 0 radical (unpaired) electrons. The maximum absolute atomic E-state index is 7.17. The quantitative estimate of drug-likeness (QED) is 0.149. The molecule has 0 saturated heterocycles. The standard InChI is InChI=1S/C64H49NO/c1-2-14-45(15-3-1)60-61-57-22-10-7-19-53(57)54-20-8-11-23-58(54)63(61)66-62(60)46-25-29-48(30-26-46)65(49-31-27-47(28-32-49)64-38-41-35-42(39-64)37-43(36-41)40-64)59-34-33-55(52-18-6-9-21-56(52)59)51-24-12-16-44-13-4-5-17-50(44)51/h1-34,41-43H,35-40H2. The van der Waals surface area contributed by atoms with E-state index in [1.807, 2.05) is 0 Å². The van der Waals surface area contributed by atoms with Gasteiger partial charge in [-0.1, -0.05) is 164 Å². The van der Waals surface area contributed by atoms with Crippen LogP contribution in [0.25, 0.3) is 87.6 Å². The van der Waals surface area contributed by atoms with Crippen LogP contribution in [0.2, 0.25) is 0 Å². The average molecular weight is 848 g/mol. The molecule has 4 saturated carbocycles. The first kappa shape index (κ1) is 37.9. The Morgan fingerprint density at radius 3 is 1.62 bits per heavy atom. The predicted molar refractivity (Wildman–Crippen MR) is 277 cm³/mol. The number of hydrogen-bond donors (Lipinski definition) is 0. The Balaban J connectivity index is 0.946. The Hall–Kier alpha value is -7.42. The van der Waals surface area contributed by atoms with Gasteiger partial charge >= 0.3 is 0 Å². The summed E-state index contributed by atoms with van der Waals surface area (Å²) in [6, 6.07) is 76.3. The summed E-state index contributed by atoms with van der Waals surface area (Å²) < 4.78 is 7.17. The molecule has 2 nitrogen and oxygen atoms in total. The van der Waals surface area contributed by atoms with Gasteiger partial charge in [-0.2, -0.15) is 0 Å². The monoisotopic (exact) mass is 847 g/mol. The van der Waals surface area contributed by atoms with Crippen LogP contribution in [0.1, 0.15) is 44.1 Å². The molecule has 15 rings (SSSR count). The fraction of sp³-hybridized carbons (Fsp3) is 0.156. The minimum atomic E-state index is 0.340. The molecule has 0 N–H and O–H groups in total. The third-order valence-electron chi connectivity index (χ3n) is 16.0. The van der Waals surface area contributed by atoms with Crippen molar-refractivity contribution in [3.63, 3.8) is 0 Å². The number of fused-ring (bicyclic) bond motifs is 8. The second kappa shape index (κ2) is 14.8. The van der Waals surface area contributed by atoms with Crippen LogP contribution in [0, 0.1) is 17.8 Å². The molecule has 0 unspecified atom stereocenters. The van der Waals surface area contributed by atoms with Gasteiger partial charge in [0.15, 0.2) is 0 Å². The van der Waals surface area contributed by atoms with Gasteiger partial charge in [-0.05, 0) is 159 Å². The molecule has 4 fully saturated rings. The van der Waals surface area contributed by atoms with Crippen LogP contribution in [-0.4, -0.2) is 0 Å². The maximum atomic E-state index is 7.17. The molecular formula is C64H49NO. The van der Waals surface area contributed by atoms with Crippen molar-refractivity contribution >= 4 is 71.1 Å². The van der Waals surface area contributed by atoms with E-state index >= 15 is 0 Å². The molecule has 4 aliphatic rings. The second-order valence-electron chi connectivity index (χ2n) is 19.8. The minimum absolute atomic E-state index is 0.340. The largest absolute Gasteiger partial charge is 0.455 e. The van der Waals surface area contributed by atoms with Crippen molar-refractivity contribution in [2.75, 3.05) is 4.90 Å². The first-order chi connectivity index (χ1) is 32.7. The average Bonchev–Trinajstić information content (AvgIpc) is 3.78. The molecule has 10 aromatic carbocycles. The second-order valence-corrected chi connectivity index (χ2v) is 19.8. The summed E-state index contributed by atoms with van der Waals surface area (Å²) in [5, 5.41) is 10.9. The molecule has 1 heterocycles. The van der Waals surface area contributed by atoms with E-state index in [1.165, 1.54) is 93.0 Å². The Bertz CT molecular complexity index is 3630. The summed E-state index contributed by atoms with van der Waals surface area (Å²) in [5.41, 5.74) is 12.1. The van der Waals surface area contributed by atoms with Crippen LogP contribution in [0.5, 0.6) is 0 Å². The predicted octanol–water partition coefficient (Wildman–Crippen LogP) is 18.0. The van der Waals surface area contributed by atoms with E-state index in [0.717, 1.165) is 67.9 Å². The van der Waals surface area contributed by atoms with Gasteiger partial charge in [0, 0.05) is 38.7 Å². The highest BCUT2D eigenvalue weighted by atomic mass is 16.3. The number of nitrogens with zero attached hydrogens (tertiary/aromatic N) is 1. The zero-order valence-corrected chi connectivity index (χ0v) is 37.0. The first-order valence-corrected chi connectivity index (χ1v) is 24.1. The molecule has 4 bridgehead atoms. The third kappa shape index (κ3) is 5.87. The molecule has 0 amide bonds. The summed E-state index contributed by atoms with van der Waals surface area (Å²) in [6.45, 7) is 0. The van der Waals surface area contributed by atoms with E-state index in [0.29, 0.717) is 5.41 Å². The van der Waals surface area contributed by atoms with Gasteiger partial charge in [0.25, 0.3) is 0 Å². The Labute approximate surface area is 385 Å². The van der Waals surface area contributed by atoms with Crippen molar-refractivity contribution < 1.29 is 4.42 Å². The van der Waals surface area contributed by atoms with Gasteiger partial charge in [-0.25, -0.2) is 0 Å². The summed E-state index contributed by atoms with van der Waals surface area (Å²) in [4.78, 5) is 2.49. The number of hydrogen-bond acceptors (Lipinski definition) is 2. The number of furan rings is 1. The number of benzene rings is 10. The Morgan fingerprint density at radius 2 is 0.924 bits per heavy atom. The zero-order chi connectivity index (χ0) is 43.3. The smallest absolute Gasteiger partial charge is 0.143 e. The topological polar surface area (TPSA) is 16.4 Å². The van der Waals surface area contributed by atoms with Crippen LogP contribution < -0.4 is 4.90 Å². The molecule has 11 aromatic rings. The van der Waals surface area contributed by atoms with Crippen LogP contribution in [0.15, 0.2) is 211 Å². The van der Waals surface area contributed by atoms with Gasteiger partial charge in [-0.3, -0.25) is 0 Å². The van der Waals surface area contributed by atoms with Crippen molar-refractivity contribution in [2.45, 2.75) is 43.9 Å². The minimum Gasteiger partial charge on any atom is -0.455 e. The molecular weight excluding hydrogens is 799 g/mol. The lowest BCUT2D eigenvalue weighted by atomic mass is 9.48. The van der Waals surface area contributed by atoms with E-state index in [4.69, 9.17) is 4.42 Å². The van der Waals surface area contributed by atoms with Gasteiger partial charge in [0.2, 0.25) is 0 Å². The summed E-state index contributed by atoms with van der Waals surface area (Å²) in [7, 11) is 0. The van der Waals surface area contributed by atoms with Gasteiger partial charge < -0.3 is 9.32 Å². The van der Waals surface area contributed by atoms with E-state index in [9.17, 15) is 0 Å². The van der Waals surface area contributed by atoms with E-state index in [1.54, 1.807) is 5.56 Å². The van der Waals surface area contributed by atoms with Crippen LogP contribution >= 0.6 is 0 Å². The molecule has 0 atom stereocenters. The lowest BCUT2D eigenvalue weighted by Gasteiger charge is -2.57. The zero-order valence-electron chi connectivity index (χ0n) is 37.0. The van der Waals surface area contributed by atoms with Crippen molar-refractivity contribution in [3.05, 3.63) is 212 Å². The molecule has 316 valence electrons.